The Bertz CT molecular complexity index is 929. The zero-order chi connectivity index (χ0) is 17.3. The number of methoxy groups -OCH3 is 1. The van der Waals surface area contributed by atoms with Gasteiger partial charge < -0.3 is 14.6 Å². The molecule has 1 aromatic heterocycles. The second-order valence-corrected chi connectivity index (χ2v) is 5.28. The number of aryl methyl sites for hydroxylation is 1. The number of hydrogen-bond donors (Lipinski definition) is 1. The highest BCUT2D eigenvalue weighted by Gasteiger charge is 2.15. The van der Waals surface area contributed by atoms with E-state index in [2.05, 4.69) is 10.1 Å². The molecule has 0 aliphatic rings. The molecule has 0 unspecified atom stereocenters. The smallest absolute Gasteiger partial charge is 0.337 e. The molecule has 1 N–H and O–H groups in total. The van der Waals surface area contributed by atoms with Gasteiger partial charge >= 0.3 is 5.97 Å². The van der Waals surface area contributed by atoms with Gasteiger partial charge in [0.15, 0.2) is 0 Å². The number of esters is 1. The number of carbonyl (C=O) groups is 2. The Morgan fingerprint density at radius 1 is 1.12 bits per heavy atom. The van der Waals surface area contributed by atoms with Crippen molar-refractivity contribution >= 4 is 28.5 Å². The Morgan fingerprint density at radius 2 is 1.83 bits per heavy atom. The average molecular weight is 326 g/mol. The molecule has 0 saturated carbocycles. The van der Waals surface area contributed by atoms with E-state index in [1.807, 2.05) is 0 Å². The first-order valence-corrected chi connectivity index (χ1v) is 7.25. The minimum absolute atomic E-state index is 0.340. The molecular formula is C18H15FN2O3. The highest BCUT2D eigenvalue weighted by molar-refractivity contribution is 6.06. The van der Waals surface area contributed by atoms with Crippen LogP contribution in [-0.2, 0) is 11.8 Å². The van der Waals surface area contributed by atoms with E-state index < -0.39 is 5.97 Å². The van der Waals surface area contributed by atoms with Gasteiger partial charge in [-0.3, -0.25) is 4.79 Å². The third-order valence-electron chi connectivity index (χ3n) is 3.83. The fourth-order valence-corrected chi connectivity index (χ4v) is 2.54. The first-order valence-electron chi connectivity index (χ1n) is 7.25. The van der Waals surface area contributed by atoms with E-state index >= 15 is 0 Å². The lowest BCUT2D eigenvalue weighted by molar-refractivity contribution is 0.0600. The first kappa shape index (κ1) is 15.7. The van der Waals surface area contributed by atoms with E-state index in [9.17, 15) is 14.0 Å². The normalized spacial score (nSPS) is 10.6. The van der Waals surface area contributed by atoms with Crippen LogP contribution in [0.1, 0.15) is 20.8 Å². The molecule has 6 heteroatoms. The number of amides is 1. The van der Waals surface area contributed by atoms with Gasteiger partial charge in [0.1, 0.15) is 11.5 Å². The Hall–Kier alpha value is -3.15. The summed E-state index contributed by atoms with van der Waals surface area (Å²) in [4.78, 5) is 23.8. The van der Waals surface area contributed by atoms with Crippen molar-refractivity contribution in [2.75, 3.05) is 12.4 Å². The van der Waals surface area contributed by atoms with E-state index in [0.29, 0.717) is 27.8 Å². The standard InChI is InChI=1S/C18H15FN2O3/c1-21-15-5-3-4-14(19)13(15)10-16(21)17(22)20-12-8-6-11(7-9-12)18(23)24-2/h3-10H,1-2H3,(H,20,22). The Morgan fingerprint density at radius 3 is 2.46 bits per heavy atom. The minimum atomic E-state index is -0.447. The highest BCUT2D eigenvalue weighted by Crippen LogP contribution is 2.22. The number of halogens is 1. The number of aromatic nitrogens is 1. The van der Waals surface area contributed by atoms with Gasteiger partial charge in [0, 0.05) is 18.1 Å². The molecule has 5 nitrogen and oxygen atoms in total. The summed E-state index contributed by atoms with van der Waals surface area (Å²) in [6, 6.07) is 12.6. The number of benzene rings is 2. The second-order valence-electron chi connectivity index (χ2n) is 5.28. The molecule has 1 heterocycles. The van der Waals surface area contributed by atoms with Crippen LogP contribution in [0.2, 0.25) is 0 Å². The predicted molar refractivity (Wildman–Crippen MR) is 88.6 cm³/mol. The van der Waals surface area contributed by atoms with Crippen molar-refractivity contribution in [1.82, 2.24) is 4.57 Å². The fraction of sp³-hybridized carbons (Fsp3) is 0.111. The third kappa shape index (κ3) is 2.74. The van der Waals surface area contributed by atoms with E-state index in [-0.39, 0.29) is 11.7 Å². The fourth-order valence-electron chi connectivity index (χ4n) is 2.54. The van der Waals surface area contributed by atoms with Crippen LogP contribution in [0.25, 0.3) is 10.9 Å². The summed E-state index contributed by atoms with van der Waals surface area (Å²) in [5.41, 5.74) is 1.90. The van der Waals surface area contributed by atoms with Gasteiger partial charge in [-0.2, -0.15) is 0 Å². The average Bonchev–Trinajstić information content (AvgIpc) is 2.93. The maximum absolute atomic E-state index is 13.8. The zero-order valence-corrected chi connectivity index (χ0v) is 13.2. The molecule has 1 amide bonds. The third-order valence-corrected chi connectivity index (χ3v) is 3.83. The minimum Gasteiger partial charge on any atom is -0.465 e. The van der Waals surface area contributed by atoms with Crippen molar-refractivity contribution in [2.24, 2.45) is 7.05 Å². The molecule has 0 spiro atoms. The quantitative estimate of drug-likeness (QED) is 0.751. The lowest BCUT2D eigenvalue weighted by atomic mass is 10.2. The van der Waals surface area contributed by atoms with Gasteiger partial charge in [-0.15, -0.1) is 0 Å². The zero-order valence-electron chi connectivity index (χ0n) is 13.2. The molecule has 0 atom stereocenters. The molecule has 0 aliphatic heterocycles. The molecule has 0 radical (unpaired) electrons. The molecule has 3 aromatic rings. The summed E-state index contributed by atoms with van der Waals surface area (Å²) in [6.07, 6.45) is 0. The van der Waals surface area contributed by atoms with E-state index in [1.54, 1.807) is 48.0 Å². The summed E-state index contributed by atoms with van der Waals surface area (Å²) in [5, 5.41) is 3.12. The summed E-state index contributed by atoms with van der Waals surface area (Å²) < 4.78 is 20.1. The molecule has 3 rings (SSSR count). The topological polar surface area (TPSA) is 60.3 Å². The van der Waals surface area contributed by atoms with Gasteiger partial charge in [-0.1, -0.05) is 6.07 Å². The van der Waals surface area contributed by atoms with E-state index in [4.69, 9.17) is 0 Å². The van der Waals surface area contributed by atoms with Crippen LogP contribution in [0.3, 0.4) is 0 Å². The molecule has 2 aromatic carbocycles. The number of hydrogen-bond acceptors (Lipinski definition) is 3. The molecule has 122 valence electrons. The number of nitrogens with one attached hydrogen (secondary N) is 1. The van der Waals surface area contributed by atoms with Gasteiger partial charge in [0.05, 0.1) is 18.2 Å². The summed E-state index contributed by atoms with van der Waals surface area (Å²) in [5.74, 6) is -1.18. The molecule has 0 saturated heterocycles. The van der Waals surface area contributed by atoms with Crippen LogP contribution in [0.15, 0.2) is 48.5 Å². The number of carbonyl (C=O) groups excluding carboxylic acids is 2. The molecule has 0 fully saturated rings. The van der Waals surface area contributed by atoms with Crippen LogP contribution >= 0.6 is 0 Å². The molecular weight excluding hydrogens is 311 g/mol. The van der Waals surface area contributed by atoms with Crippen LogP contribution in [0.5, 0.6) is 0 Å². The number of anilines is 1. The lowest BCUT2D eigenvalue weighted by Gasteiger charge is -2.07. The summed E-state index contributed by atoms with van der Waals surface area (Å²) in [6.45, 7) is 0. The molecule has 0 bridgehead atoms. The Kier molecular flexibility index (Phi) is 4.04. The highest BCUT2D eigenvalue weighted by atomic mass is 19.1. The van der Waals surface area contributed by atoms with Gasteiger partial charge in [-0.25, -0.2) is 9.18 Å². The monoisotopic (exact) mass is 326 g/mol. The van der Waals surface area contributed by atoms with E-state index in [0.717, 1.165) is 0 Å². The Balaban J connectivity index is 1.86. The van der Waals surface area contributed by atoms with Crippen molar-refractivity contribution in [1.29, 1.82) is 0 Å². The van der Waals surface area contributed by atoms with Crippen LogP contribution in [-0.4, -0.2) is 23.6 Å². The van der Waals surface area contributed by atoms with Crippen molar-refractivity contribution < 1.29 is 18.7 Å². The maximum atomic E-state index is 13.8. The summed E-state index contributed by atoms with van der Waals surface area (Å²) >= 11 is 0. The summed E-state index contributed by atoms with van der Waals surface area (Å²) in [7, 11) is 3.01. The number of fused-ring (bicyclic) bond motifs is 1. The molecule has 24 heavy (non-hydrogen) atoms. The van der Waals surface area contributed by atoms with Gasteiger partial charge in [-0.05, 0) is 42.5 Å². The Labute approximate surface area is 137 Å². The predicted octanol–water partition coefficient (Wildman–Crippen LogP) is 3.36. The van der Waals surface area contributed by atoms with Crippen molar-refractivity contribution in [2.45, 2.75) is 0 Å². The van der Waals surface area contributed by atoms with Crippen molar-refractivity contribution in [3.05, 3.63) is 65.6 Å². The number of rotatable bonds is 3. The van der Waals surface area contributed by atoms with E-state index in [1.165, 1.54) is 19.2 Å². The van der Waals surface area contributed by atoms with Crippen molar-refractivity contribution in [3.63, 3.8) is 0 Å². The second kappa shape index (κ2) is 6.16. The SMILES string of the molecule is COC(=O)c1ccc(NC(=O)c2cc3c(F)cccc3n2C)cc1. The first-order chi connectivity index (χ1) is 11.5. The lowest BCUT2D eigenvalue weighted by Crippen LogP contribution is -2.15. The van der Waals surface area contributed by atoms with Crippen LogP contribution in [0.4, 0.5) is 10.1 Å². The maximum Gasteiger partial charge on any atom is 0.337 e. The number of nitrogens with zero attached hydrogens (tertiary/aromatic N) is 1. The van der Waals surface area contributed by atoms with Gasteiger partial charge in [0.2, 0.25) is 0 Å². The van der Waals surface area contributed by atoms with Gasteiger partial charge in [0.25, 0.3) is 5.91 Å². The van der Waals surface area contributed by atoms with Crippen molar-refractivity contribution in [3.8, 4) is 0 Å². The number of ether oxygens (including phenoxy) is 1. The largest absolute Gasteiger partial charge is 0.465 e. The molecule has 0 aliphatic carbocycles. The van der Waals surface area contributed by atoms with Crippen LogP contribution in [0, 0.1) is 5.82 Å². The van der Waals surface area contributed by atoms with Crippen LogP contribution < -0.4 is 5.32 Å².